The number of hydrogen-bond donors (Lipinski definition) is 1. The van der Waals surface area contributed by atoms with Crippen LogP contribution in [0.4, 0.5) is 0 Å². The molecule has 0 saturated carbocycles. The number of rotatable bonds is 7. The molecule has 0 fully saturated rings. The lowest BCUT2D eigenvalue weighted by atomic mass is 9.94. The van der Waals surface area contributed by atoms with E-state index in [9.17, 15) is 9.90 Å². The van der Waals surface area contributed by atoms with Crippen LogP contribution in [0.15, 0.2) is 24.3 Å². The monoisotopic (exact) mass is 252 g/mol. The summed E-state index contributed by atoms with van der Waals surface area (Å²) in [7, 11) is 3.19. The first-order valence-corrected chi connectivity index (χ1v) is 5.95. The molecule has 4 heteroatoms. The van der Waals surface area contributed by atoms with Gasteiger partial charge in [-0.3, -0.25) is 4.79 Å². The predicted octanol–water partition coefficient (Wildman–Crippen LogP) is 2.36. The van der Waals surface area contributed by atoms with Gasteiger partial charge in [0.2, 0.25) is 0 Å². The molecule has 1 aromatic rings. The van der Waals surface area contributed by atoms with Crippen LogP contribution in [-0.4, -0.2) is 31.4 Å². The lowest BCUT2D eigenvalue weighted by molar-refractivity contribution is -0.142. The molecular formula is C14H20O4. The third kappa shape index (κ3) is 4.37. The summed E-state index contributed by atoms with van der Waals surface area (Å²) in [5, 5.41) is 9.22. The van der Waals surface area contributed by atoms with E-state index in [1.165, 1.54) is 0 Å². The number of hydrogen-bond acceptors (Lipinski definition) is 3. The molecule has 100 valence electrons. The maximum absolute atomic E-state index is 11.2. The Bertz CT molecular complexity index is 389. The van der Waals surface area contributed by atoms with E-state index in [0.29, 0.717) is 12.8 Å². The number of methoxy groups -OCH3 is 2. The van der Waals surface area contributed by atoms with Gasteiger partial charge in [-0.25, -0.2) is 0 Å². The number of ether oxygens (including phenoxy) is 2. The van der Waals surface area contributed by atoms with Gasteiger partial charge in [0.25, 0.3) is 0 Å². The fourth-order valence-corrected chi connectivity index (χ4v) is 1.85. The minimum Gasteiger partial charge on any atom is -0.497 e. The Morgan fingerprint density at radius 3 is 2.67 bits per heavy atom. The van der Waals surface area contributed by atoms with E-state index in [-0.39, 0.29) is 6.10 Å². The van der Waals surface area contributed by atoms with Gasteiger partial charge in [-0.05, 0) is 37.5 Å². The quantitative estimate of drug-likeness (QED) is 0.809. The molecule has 0 bridgehead atoms. The van der Waals surface area contributed by atoms with Crippen LogP contribution in [0.5, 0.6) is 5.75 Å². The number of carboxylic acid groups (broad SMARTS) is 1. The Labute approximate surface area is 108 Å². The summed E-state index contributed by atoms with van der Waals surface area (Å²) in [6.07, 6.45) is 0.931. The first-order valence-electron chi connectivity index (χ1n) is 5.95. The van der Waals surface area contributed by atoms with Crippen molar-refractivity contribution in [1.29, 1.82) is 0 Å². The summed E-state index contributed by atoms with van der Waals surface area (Å²) in [5.41, 5.74) is 0.963. The van der Waals surface area contributed by atoms with Gasteiger partial charge in [-0.2, -0.15) is 0 Å². The first kappa shape index (κ1) is 14.5. The standard InChI is InChI=1S/C14H20O4/c1-10(17-2)7-12(14(15)16)8-11-5-4-6-13(9-11)18-3/h4-6,9-10,12H,7-8H2,1-3H3,(H,15,16). The number of carbonyl (C=O) groups is 1. The molecular weight excluding hydrogens is 232 g/mol. The highest BCUT2D eigenvalue weighted by atomic mass is 16.5. The second kappa shape index (κ2) is 7.01. The average Bonchev–Trinajstić information content (AvgIpc) is 2.37. The molecule has 0 aliphatic carbocycles. The lowest BCUT2D eigenvalue weighted by Crippen LogP contribution is -2.22. The van der Waals surface area contributed by atoms with Crippen molar-refractivity contribution in [2.75, 3.05) is 14.2 Å². The van der Waals surface area contributed by atoms with Crippen LogP contribution in [0.2, 0.25) is 0 Å². The van der Waals surface area contributed by atoms with Gasteiger partial charge in [0.05, 0.1) is 19.1 Å². The van der Waals surface area contributed by atoms with Crippen molar-refractivity contribution in [3.05, 3.63) is 29.8 Å². The van der Waals surface area contributed by atoms with Gasteiger partial charge in [0.1, 0.15) is 5.75 Å². The molecule has 1 N–H and O–H groups in total. The molecule has 0 radical (unpaired) electrons. The molecule has 0 aliphatic heterocycles. The van der Waals surface area contributed by atoms with Gasteiger partial charge < -0.3 is 14.6 Å². The van der Waals surface area contributed by atoms with Crippen LogP contribution < -0.4 is 4.74 Å². The molecule has 2 unspecified atom stereocenters. The number of benzene rings is 1. The molecule has 1 rings (SSSR count). The van der Waals surface area contributed by atoms with Crippen LogP contribution in [-0.2, 0) is 16.0 Å². The summed E-state index contributed by atoms with van der Waals surface area (Å²) in [4.78, 5) is 11.2. The third-order valence-corrected chi connectivity index (χ3v) is 2.98. The first-order chi connectivity index (χ1) is 8.56. The van der Waals surface area contributed by atoms with Crippen LogP contribution in [0.1, 0.15) is 18.9 Å². The highest BCUT2D eigenvalue weighted by Crippen LogP contribution is 2.19. The molecule has 0 aliphatic rings. The van der Waals surface area contributed by atoms with E-state index < -0.39 is 11.9 Å². The molecule has 0 spiro atoms. The van der Waals surface area contributed by atoms with Gasteiger partial charge >= 0.3 is 5.97 Å². The maximum Gasteiger partial charge on any atom is 0.306 e. The Hall–Kier alpha value is -1.55. The minimum atomic E-state index is -0.790. The SMILES string of the molecule is COc1cccc(CC(CC(C)OC)C(=O)O)c1. The minimum absolute atomic E-state index is 0.0586. The normalized spacial score (nSPS) is 13.9. The Morgan fingerprint density at radius 1 is 1.39 bits per heavy atom. The summed E-state index contributed by atoms with van der Waals surface area (Å²) >= 11 is 0. The fraction of sp³-hybridized carbons (Fsp3) is 0.500. The maximum atomic E-state index is 11.2. The van der Waals surface area contributed by atoms with Crippen LogP contribution in [0.25, 0.3) is 0 Å². The molecule has 2 atom stereocenters. The topological polar surface area (TPSA) is 55.8 Å². The molecule has 1 aromatic carbocycles. The van der Waals surface area contributed by atoms with Crippen LogP contribution in [0.3, 0.4) is 0 Å². The molecule has 0 amide bonds. The largest absolute Gasteiger partial charge is 0.497 e. The van der Waals surface area contributed by atoms with Crippen molar-refractivity contribution in [2.45, 2.75) is 25.9 Å². The highest BCUT2D eigenvalue weighted by molar-refractivity contribution is 5.70. The lowest BCUT2D eigenvalue weighted by Gasteiger charge is -2.16. The van der Waals surface area contributed by atoms with Crippen molar-refractivity contribution in [2.24, 2.45) is 5.92 Å². The predicted molar refractivity (Wildman–Crippen MR) is 68.9 cm³/mol. The van der Waals surface area contributed by atoms with Crippen molar-refractivity contribution >= 4 is 5.97 Å². The van der Waals surface area contributed by atoms with Crippen molar-refractivity contribution < 1.29 is 19.4 Å². The second-order valence-electron chi connectivity index (χ2n) is 4.37. The van der Waals surface area contributed by atoms with Crippen molar-refractivity contribution in [3.63, 3.8) is 0 Å². The number of aliphatic carboxylic acids is 1. The van der Waals surface area contributed by atoms with E-state index in [1.807, 2.05) is 31.2 Å². The Balaban J connectivity index is 2.73. The zero-order valence-electron chi connectivity index (χ0n) is 11.1. The zero-order valence-corrected chi connectivity index (χ0v) is 11.1. The Morgan fingerprint density at radius 2 is 2.11 bits per heavy atom. The summed E-state index contributed by atoms with van der Waals surface area (Å²) in [6, 6.07) is 7.49. The van der Waals surface area contributed by atoms with Crippen molar-refractivity contribution in [3.8, 4) is 5.75 Å². The number of carboxylic acids is 1. The fourth-order valence-electron chi connectivity index (χ4n) is 1.85. The smallest absolute Gasteiger partial charge is 0.306 e. The molecule has 18 heavy (non-hydrogen) atoms. The Kier molecular flexibility index (Phi) is 5.65. The van der Waals surface area contributed by atoms with Gasteiger partial charge in [-0.15, -0.1) is 0 Å². The average molecular weight is 252 g/mol. The van der Waals surface area contributed by atoms with Gasteiger partial charge in [0, 0.05) is 7.11 Å². The van der Waals surface area contributed by atoms with E-state index in [0.717, 1.165) is 11.3 Å². The zero-order chi connectivity index (χ0) is 13.5. The molecule has 4 nitrogen and oxygen atoms in total. The highest BCUT2D eigenvalue weighted by Gasteiger charge is 2.21. The summed E-state index contributed by atoms with van der Waals surface area (Å²) in [6.45, 7) is 1.88. The van der Waals surface area contributed by atoms with Gasteiger partial charge in [-0.1, -0.05) is 12.1 Å². The third-order valence-electron chi connectivity index (χ3n) is 2.98. The van der Waals surface area contributed by atoms with E-state index in [1.54, 1.807) is 14.2 Å². The van der Waals surface area contributed by atoms with E-state index >= 15 is 0 Å². The second-order valence-corrected chi connectivity index (χ2v) is 4.37. The van der Waals surface area contributed by atoms with Crippen LogP contribution in [0, 0.1) is 5.92 Å². The van der Waals surface area contributed by atoms with E-state index in [2.05, 4.69) is 0 Å². The molecule has 0 saturated heterocycles. The van der Waals surface area contributed by atoms with E-state index in [4.69, 9.17) is 9.47 Å². The molecule has 0 aromatic heterocycles. The van der Waals surface area contributed by atoms with Crippen LogP contribution >= 0.6 is 0 Å². The molecule has 0 heterocycles. The van der Waals surface area contributed by atoms with Crippen molar-refractivity contribution in [1.82, 2.24) is 0 Å². The summed E-state index contributed by atoms with van der Waals surface area (Å²) < 4.78 is 10.3. The summed E-state index contributed by atoms with van der Waals surface area (Å²) in [5.74, 6) is -0.481. The van der Waals surface area contributed by atoms with Gasteiger partial charge in [0.15, 0.2) is 0 Å².